The molecule has 1 saturated heterocycles. The predicted octanol–water partition coefficient (Wildman–Crippen LogP) is 1.11. The maximum atomic E-state index is 11.0. The Morgan fingerprint density at radius 3 is 3.00 bits per heavy atom. The quantitative estimate of drug-likeness (QED) is 0.825. The Hall–Kier alpha value is -2.09. The topological polar surface area (TPSA) is 77.2 Å². The van der Waals surface area contributed by atoms with Gasteiger partial charge >= 0.3 is 5.97 Å². The van der Waals surface area contributed by atoms with Crippen molar-refractivity contribution < 1.29 is 9.90 Å². The van der Waals surface area contributed by atoms with Gasteiger partial charge in [-0.15, -0.1) is 0 Å². The fourth-order valence-electron chi connectivity index (χ4n) is 2.20. The van der Waals surface area contributed by atoms with Crippen molar-refractivity contribution in [2.24, 2.45) is 11.8 Å². The maximum Gasteiger partial charge on any atom is 0.308 e. The molecule has 0 aromatic carbocycles. The number of rotatable bonds is 2. The summed E-state index contributed by atoms with van der Waals surface area (Å²) >= 11 is 0. The van der Waals surface area contributed by atoms with Gasteiger partial charge in [0.05, 0.1) is 11.5 Å². The highest BCUT2D eigenvalue weighted by atomic mass is 16.4. The van der Waals surface area contributed by atoms with Gasteiger partial charge in [0, 0.05) is 19.3 Å². The molecule has 88 valence electrons. The molecule has 5 heteroatoms. The molecule has 1 aliphatic heterocycles. The van der Waals surface area contributed by atoms with Crippen LogP contribution < -0.4 is 4.90 Å². The van der Waals surface area contributed by atoms with Gasteiger partial charge in [0.2, 0.25) is 0 Å². The van der Waals surface area contributed by atoms with Crippen molar-refractivity contribution in [3.8, 4) is 6.07 Å². The Morgan fingerprint density at radius 1 is 1.65 bits per heavy atom. The fourth-order valence-corrected chi connectivity index (χ4v) is 2.20. The molecule has 17 heavy (non-hydrogen) atoms. The average Bonchev–Trinajstić information content (AvgIpc) is 2.71. The van der Waals surface area contributed by atoms with E-state index in [1.807, 2.05) is 11.8 Å². The van der Waals surface area contributed by atoms with Crippen molar-refractivity contribution in [3.63, 3.8) is 0 Å². The van der Waals surface area contributed by atoms with Crippen LogP contribution in [0.2, 0.25) is 0 Å². The molecule has 1 fully saturated rings. The van der Waals surface area contributed by atoms with E-state index < -0.39 is 5.97 Å². The van der Waals surface area contributed by atoms with Gasteiger partial charge < -0.3 is 10.0 Å². The van der Waals surface area contributed by atoms with E-state index >= 15 is 0 Å². The van der Waals surface area contributed by atoms with Gasteiger partial charge in [0.25, 0.3) is 0 Å². The minimum Gasteiger partial charge on any atom is -0.481 e. The zero-order valence-corrected chi connectivity index (χ0v) is 9.50. The van der Waals surface area contributed by atoms with Gasteiger partial charge in [-0.2, -0.15) is 5.26 Å². The van der Waals surface area contributed by atoms with E-state index in [4.69, 9.17) is 10.4 Å². The molecule has 2 heterocycles. The maximum absolute atomic E-state index is 11.0. The number of nitriles is 1. The van der Waals surface area contributed by atoms with Crippen molar-refractivity contribution in [1.29, 1.82) is 5.26 Å². The summed E-state index contributed by atoms with van der Waals surface area (Å²) in [4.78, 5) is 17.1. The lowest BCUT2D eigenvalue weighted by Gasteiger charge is -2.17. The van der Waals surface area contributed by atoms with Crippen LogP contribution in [0.5, 0.6) is 0 Å². The summed E-state index contributed by atoms with van der Waals surface area (Å²) in [5.74, 6) is -0.510. The molecule has 0 saturated carbocycles. The Balaban J connectivity index is 2.26. The van der Waals surface area contributed by atoms with E-state index in [1.165, 1.54) is 0 Å². The van der Waals surface area contributed by atoms with Crippen LogP contribution in [0.1, 0.15) is 12.5 Å². The Morgan fingerprint density at radius 2 is 2.41 bits per heavy atom. The summed E-state index contributed by atoms with van der Waals surface area (Å²) < 4.78 is 0. The normalized spacial score (nSPS) is 23.4. The van der Waals surface area contributed by atoms with Crippen molar-refractivity contribution in [3.05, 3.63) is 23.9 Å². The van der Waals surface area contributed by atoms with Gasteiger partial charge in [0.1, 0.15) is 11.9 Å². The zero-order chi connectivity index (χ0) is 12.4. The molecule has 1 N–H and O–H groups in total. The second kappa shape index (κ2) is 4.42. The molecule has 2 unspecified atom stereocenters. The lowest BCUT2D eigenvalue weighted by Crippen LogP contribution is -2.24. The number of aromatic nitrogens is 1. The van der Waals surface area contributed by atoms with Gasteiger partial charge in [-0.25, -0.2) is 4.98 Å². The fraction of sp³-hybridized carbons (Fsp3) is 0.417. The summed E-state index contributed by atoms with van der Waals surface area (Å²) in [5, 5.41) is 18.0. The summed E-state index contributed by atoms with van der Waals surface area (Å²) in [6.45, 7) is 2.96. The number of anilines is 1. The molecule has 1 aliphatic rings. The molecule has 2 rings (SSSR count). The third-order valence-electron chi connectivity index (χ3n) is 3.14. The largest absolute Gasteiger partial charge is 0.481 e. The number of nitrogens with zero attached hydrogens (tertiary/aromatic N) is 3. The van der Waals surface area contributed by atoms with Gasteiger partial charge in [-0.3, -0.25) is 4.79 Å². The number of carboxylic acids is 1. The molecule has 1 aromatic rings. The van der Waals surface area contributed by atoms with Gasteiger partial charge in [-0.1, -0.05) is 6.92 Å². The SMILES string of the molecule is CC1CN(c2ncccc2C#N)CC1C(=O)O. The van der Waals surface area contributed by atoms with Crippen LogP contribution >= 0.6 is 0 Å². The summed E-state index contributed by atoms with van der Waals surface area (Å²) in [7, 11) is 0. The van der Waals surface area contributed by atoms with E-state index in [0.29, 0.717) is 24.5 Å². The predicted molar refractivity (Wildman–Crippen MR) is 61.5 cm³/mol. The molecule has 1 aromatic heterocycles. The molecule has 0 aliphatic carbocycles. The van der Waals surface area contributed by atoms with Crippen LogP contribution in [-0.4, -0.2) is 29.1 Å². The van der Waals surface area contributed by atoms with E-state index in [2.05, 4.69) is 11.1 Å². The first-order chi connectivity index (χ1) is 8.13. The monoisotopic (exact) mass is 231 g/mol. The highest BCUT2D eigenvalue weighted by Gasteiger charge is 2.35. The van der Waals surface area contributed by atoms with Crippen molar-refractivity contribution in [1.82, 2.24) is 4.98 Å². The minimum atomic E-state index is -0.783. The first-order valence-corrected chi connectivity index (χ1v) is 5.46. The zero-order valence-electron chi connectivity index (χ0n) is 9.50. The summed E-state index contributed by atoms with van der Waals surface area (Å²) in [6.07, 6.45) is 1.62. The van der Waals surface area contributed by atoms with Crippen molar-refractivity contribution >= 4 is 11.8 Å². The van der Waals surface area contributed by atoms with E-state index in [-0.39, 0.29) is 11.8 Å². The molecular weight excluding hydrogens is 218 g/mol. The average molecular weight is 231 g/mol. The van der Waals surface area contributed by atoms with E-state index in [0.717, 1.165) is 0 Å². The molecule has 0 radical (unpaired) electrons. The summed E-state index contributed by atoms with van der Waals surface area (Å²) in [5.41, 5.74) is 0.491. The Bertz CT molecular complexity index is 481. The highest BCUT2D eigenvalue weighted by Crippen LogP contribution is 2.28. The second-order valence-electron chi connectivity index (χ2n) is 4.31. The molecular formula is C12H13N3O2. The van der Waals surface area contributed by atoms with Crippen molar-refractivity contribution in [2.75, 3.05) is 18.0 Å². The number of hydrogen-bond donors (Lipinski definition) is 1. The van der Waals surface area contributed by atoms with Crippen molar-refractivity contribution in [2.45, 2.75) is 6.92 Å². The number of pyridine rings is 1. The number of carbonyl (C=O) groups is 1. The van der Waals surface area contributed by atoms with Crippen LogP contribution in [0.15, 0.2) is 18.3 Å². The lowest BCUT2D eigenvalue weighted by atomic mass is 9.99. The molecule has 5 nitrogen and oxygen atoms in total. The number of aliphatic carboxylic acids is 1. The van der Waals surface area contributed by atoms with Crippen LogP contribution in [0.3, 0.4) is 0 Å². The first kappa shape index (κ1) is 11.4. The van der Waals surface area contributed by atoms with Crippen LogP contribution in [0.4, 0.5) is 5.82 Å². The van der Waals surface area contributed by atoms with Gasteiger partial charge in [0.15, 0.2) is 0 Å². The van der Waals surface area contributed by atoms with E-state index in [9.17, 15) is 4.79 Å². The Kier molecular flexibility index (Phi) is 2.96. The number of carboxylic acid groups (broad SMARTS) is 1. The molecule has 2 atom stereocenters. The second-order valence-corrected chi connectivity index (χ2v) is 4.31. The molecule has 0 amide bonds. The van der Waals surface area contributed by atoms with Crippen LogP contribution in [-0.2, 0) is 4.79 Å². The smallest absolute Gasteiger partial charge is 0.308 e. The van der Waals surface area contributed by atoms with E-state index in [1.54, 1.807) is 18.3 Å². The molecule has 0 bridgehead atoms. The van der Waals surface area contributed by atoms with Crippen LogP contribution in [0.25, 0.3) is 0 Å². The molecule has 0 spiro atoms. The minimum absolute atomic E-state index is 0.0704. The third-order valence-corrected chi connectivity index (χ3v) is 3.14. The standard InChI is InChI=1S/C12H13N3O2/c1-8-6-15(7-10(8)12(16)17)11-9(5-13)3-2-4-14-11/h2-4,8,10H,6-7H2,1H3,(H,16,17). The Labute approximate surface area is 99.3 Å². The first-order valence-electron chi connectivity index (χ1n) is 5.46. The third kappa shape index (κ3) is 2.07. The highest BCUT2D eigenvalue weighted by molar-refractivity contribution is 5.72. The summed E-state index contributed by atoms with van der Waals surface area (Å²) in [6, 6.07) is 5.48. The lowest BCUT2D eigenvalue weighted by molar-refractivity contribution is -0.142. The van der Waals surface area contributed by atoms with Crippen LogP contribution in [0, 0.1) is 23.2 Å². The number of hydrogen-bond acceptors (Lipinski definition) is 4. The van der Waals surface area contributed by atoms with Gasteiger partial charge in [-0.05, 0) is 18.1 Å².